The summed E-state index contributed by atoms with van der Waals surface area (Å²) in [4.78, 5) is 21.0. The number of carbonyl (C=O) groups is 1. The smallest absolute Gasteiger partial charge is 0.338 e. The van der Waals surface area contributed by atoms with Gasteiger partial charge in [0.05, 0.1) is 28.0 Å². The molecular formula is C17H13BrN2O2. The number of fused-ring (bicyclic) bond motifs is 1. The molecule has 0 saturated heterocycles. The molecule has 22 heavy (non-hydrogen) atoms. The molecule has 0 unspecified atom stereocenters. The molecule has 3 aromatic rings. The third kappa shape index (κ3) is 3.14. The van der Waals surface area contributed by atoms with Crippen LogP contribution in [0.25, 0.3) is 11.0 Å². The molecule has 0 aliphatic rings. The van der Waals surface area contributed by atoms with Crippen LogP contribution < -0.4 is 0 Å². The number of nitrogens with zero attached hydrogens (tertiary/aromatic N) is 2. The van der Waals surface area contributed by atoms with E-state index in [9.17, 15) is 4.79 Å². The molecule has 0 bridgehead atoms. The Kier molecular flexibility index (Phi) is 4.15. The molecule has 110 valence electrons. The average molecular weight is 357 g/mol. The zero-order valence-electron chi connectivity index (χ0n) is 11.9. The second-order valence-corrected chi connectivity index (χ2v) is 5.74. The Hall–Kier alpha value is -2.27. The lowest BCUT2D eigenvalue weighted by Gasteiger charge is -2.08. The number of hydrogen-bond acceptors (Lipinski definition) is 4. The average Bonchev–Trinajstić information content (AvgIpc) is 2.53. The van der Waals surface area contributed by atoms with Crippen molar-refractivity contribution in [1.29, 1.82) is 0 Å². The van der Waals surface area contributed by atoms with Gasteiger partial charge in [-0.2, -0.15) is 0 Å². The maximum Gasteiger partial charge on any atom is 0.338 e. The predicted molar refractivity (Wildman–Crippen MR) is 87.5 cm³/mol. The molecular weight excluding hydrogens is 344 g/mol. The van der Waals surface area contributed by atoms with E-state index >= 15 is 0 Å². The van der Waals surface area contributed by atoms with Gasteiger partial charge in [0.2, 0.25) is 0 Å². The van der Waals surface area contributed by atoms with E-state index < -0.39 is 0 Å². The first-order chi connectivity index (χ1) is 10.6. The van der Waals surface area contributed by atoms with Crippen LogP contribution in [0.3, 0.4) is 0 Å². The predicted octanol–water partition coefficient (Wildman–Crippen LogP) is 4.06. The number of benzene rings is 2. The summed E-state index contributed by atoms with van der Waals surface area (Å²) in [5.41, 5.74) is 3.58. The molecule has 0 aliphatic heterocycles. The third-order valence-electron chi connectivity index (χ3n) is 3.26. The molecule has 0 amide bonds. The van der Waals surface area contributed by atoms with Gasteiger partial charge in [0, 0.05) is 4.47 Å². The lowest BCUT2D eigenvalue weighted by atomic mass is 10.2. The van der Waals surface area contributed by atoms with Crippen LogP contribution in [-0.4, -0.2) is 15.9 Å². The van der Waals surface area contributed by atoms with Gasteiger partial charge in [-0.25, -0.2) is 14.8 Å². The van der Waals surface area contributed by atoms with Crippen LogP contribution >= 0.6 is 15.9 Å². The molecule has 0 radical (unpaired) electrons. The molecule has 0 atom stereocenters. The Morgan fingerprint density at radius 1 is 1.05 bits per heavy atom. The summed E-state index contributed by atoms with van der Waals surface area (Å²) >= 11 is 3.33. The Morgan fingerprint density at radius 2 is 1.68 bits per heavy atom. The normalized spacial score (nSPS) is 10.6. The number of halogens is 1. The van der Waals surface area contributed by atoms with Crippen molar-refractivity contribution < 1.29 is 9.53 Å². The SMILES string of the molecule is Cc1nc2ccccc2nc1COC(=O)c1ccc(Br)cc1. The van der Waals surface area contributed by atoms with Crippen molar-refractivity contribution in [2.75, 3.05) is 0 Å². The number of esters is 1. The van der Waals surface area contributed by atoms with Gasteiger partial charge < -0.3 is 4.74 Å². The molecule has 1 heterocycles. The van der Waals surface area contributed by atoms with Crippen LogP contribution in [0.15, 0.2) is 53.0 Å². The molecule has 5 heteroatoms. The summed E-state index contributed by atoms with van der Waals surface area (Å²) < 4.78 is 6.24. The Morgan fingerprint density at radius 3 is 2.36 bits per heavy atom. The summed E-state index contributed by atoms with van der Waals surface area (Å²) in [5.74, 6) is -0.373. The minimum atomic E-state index is -0.373. The van der Waals surface area contributed by atoms with Gasteiger partial charge in [-0.1, -0.05) is 28.1 Å². The molecule has 1 aromatic heterocycles. The van der Waals surface area contributed by atoms with Gasteiger partial charge in [-0.15, -0.1) is 0 Å². The monoisotopic (exact) mass is 356 g/mol. The third-order valence-corrected chi connectivity index (χ3v) is 3.79. The highest BCUT2D eigenvalue weighted by atomic mass is 79.9. The van der Waals surface area contributed by atoms with E-state index in [0.29, 0.717) is 11.3 Å². The van der Waals surface area contributed by atoms with Gasteiger partial charge in [0.1, 0.15) is 6.61 Å². The van der Waals surface area contributed by atoms with E-state index in [1.165, 1.54) is 0 Å². The second-order valence-electron chi connectivity index (χ2n) is 4.83. The first-order valence-electron chi connectivity index (χ1n) is 6.78. The van der Waals surface area contributed by atoms with Gasteiger partial charge in [-0.3, -0.25) is 0 Å². The Balaban J connectivity index is 1.77. The van der Waals surface area contributed by atoms with Crippen molar-refractivity contribution in [3.05, 3.63) is 70.0 Å². The summed E-state index contributed by atoms with van der Waals surface area (Å²) in [6, 6.07) is 14.7. The highest BCUT2D eigenvalue weighted by Gasteiger charge is 2.10. The van der Waals surface area contributed by atoms with E-state index in [1.54, 1.807) is 24.3 Å². The van der Waals surface area contributed by atoms with E-state index in [2.05, 4.69) is 25.9 Å². The van der Waals surface area contributed by atoms with Crippen molar-refractivity contribution in [3.8, 4) is 0 Å². The molecule has 0 saturated carbocycles. The minimum absolute atomic E-state index is 0.110. The fourth-order valence-electron chi connectivity index (χ4n) is 2.06. The van der Waals surface area contributed by atoms with E-state index in [0.717, 1.165) is 21.2 Å². The van der Waals surface area contributed by atoms with Crippen LogP contribution in [0.2, 0.25) is 0 Å². The first-order valence-corrected chi connectivity index (χ1v) is 7.58. The highest BCUT2D eigenvalue weighted by Crippen LogP contribution is 2.15. The largest absolute Gasteiger partial charge is 0.456 e. The highest BCUT2D eigenvalue weighted by molar-refractivity contribution is 9.10. The molecule has 3 rings (SSSR count). The summed E-state index contributed by atoms with van der Waals surface area (Å²) in [6.07, 6.45) is 0. The number of carbonyl (C=O) groups excluding carboxylic acids is 1. The van der Waals surface area contributed by atoms with E-state index in [1.807, 2.05) is 31.2 Å². The zero-order chi connectivity index (χ0) is 15.5. The number of rotatable bonds is 3. The standard InChI is InChI=1S/C17H13BrN2O2/c1-11-16(20-15-5-3-2-4-14(15)19-11)10-22-17(21)12-6-8-13(18)9-7-12/h2-9H,10H2,1H3. The summed E-state index contributed by atoms with van der Waals surface area (Å²) in [7, 11) is 0. The molecule has 0 spiro atoms. The van der Waals surface area contributed by atoms with Crippen LogP contribution in [0.4, 0.5) is 0 Å². The van der Waals surface area contributed by atoms with Gasteiger partial charge in [-0.05, 0) is 43.3 Å². The molecule has 0 aliphatic carbocycles. The Labute approximate surface area is 136 Å². The fourth-order valence-corrected chi connectivity index (χ4v) is 2.33. The number of para-hydroxylation sites is 2. The van der Waals surface area contributed by atoms with Crippen LogP contribution in [0.5, 0.6) is 0 Å². The molecule has 4 nitrogen and oxygen atoms in total. The van der Waals surface area contributed by atoms with Crippen molar-refractivity contribution in [3.63, 3.8) is 0 Å². The maximum atomic E-state index is 12.0. The summed E-state index contributed by atoms with van der Waals surface area (Å²) in [6.45, 7) is 1.97. The number of hydrogen-bond donors (Lipinski definition) is 0. The molecule has 2 aromatic carbocycles. The van der Waals surface area contributed by atoms with Crippen molar-refractivity contribution >= 4 is 32.9 Å². The van der Waals surface area contributed by atoms with Gasteiger partial charge >= 0.3 is 5.97 Å². The quantitative estimate of drug-likeness (QED) is 0.664. The second kappa shape index (κ2) is 6.23. The van der Waals surface area contributed by atoms with E-state index in [-0.39, 0.29) is 12.6 Å². The molecule has 0 N–H and O–H groups in total. The topological polar surface area (TPSA) is 52.1 Å². The Bertz CT molecular complexity index is 832. The lowest BCUT2D eigenvalue weighted by Crippen LogP contribution is -2.08. The van der Waals surface area contributed by atoms with Gasteiger partial charge in [0.15, 0.2) is 0 Å². The maximum absolute atomic E-state index is 12.0. The van der Waals surface area contributed by atoms with Crippen molar-refractivity contribution in [2.24, 2.45) is 0 Å². The summed E-state index contributed by atoms with van der Waals surface area (Å²) in [5, 5.41) is 0. The molecule has 0 fully saturated rings. The number of aryl methyl sites for hydroxylation is 1. The van der Waals surface area contributed by atoms with Gasteiger partial charge in [0.25, 0.3) is 0 Å². The van der Waals surface area contributed by atoms with Crippen molar-refractivity contribution in [2.45, 2.75) is 13.5 Å². The van der Waals surface area contributed by atoms with Crippen LogP contribution in [0, 0.1) is 6.92 Å². The van der Waals surface area contributed by atoms with Crippen molar-refractivity contribution in [1.82, 2.24) is 9.97 Å². The fraction of sp³-hybridized carbons (Fsp3) is 0.118. The zero-order valence-corrected chi connectivity index (χ0v) is 13.5. The van der Waals surface area contributed by atoms with Crippen LogP contribution in [0.1, 0.15) is 21.7 Å². The number of ether oxygens (including phenoxy) is 1. The van der Waals surface area contributed by atoms with Crippen LogP contribution in [-0.2, 0) is 11.3 Å². The minimum Gasteiger partial charge on any atom is -0.456 e. The van der Waals surface area contributed by atoms with E-state index in [4.69, 9.17) is 4.74 Å². The first kappa shape index (κ1) is 14.7. The number of aromatic nitrogens is 2. The lowest BCUT2D eigenvalue weighted by molar-refractivity contribution is 0.0467.